The van der Waals surface area contributed by atoms with E-state index in [9.17, 15) is 9.59 Å². The molecule has 160 valence electrons. The van der Waals surface area contributed by atoms with Gasteiger partial charge in [-0.15, -0.1) is 28.5 Å². The molecule has 3 aromatic rings. The molecule has 2 aromatic carbocycles. The Balaban J connectivity index is 1.54. The Hall–Kier alpha value is -3.04. The molecule has 1 aromatic heterocycles. The van der Waals surface area contributed by atoms with Crippen molar-refractivity contribution in [3.05, 3.63) is 84.2 Å². The molecular weight excluding hydrogens is 432 g/mol. The van der Waals surface area contributed by atoms with Crippen molar-refractivity contribution in [3.63, 3.8) is 0 Å². The average molecular weight is 455 g/mol. The summed E-state index contributed by atoms with van der Waals surface area (Å²) in [5, 5.41) is 20.9. The summed E-state index contributed by atoms with van der Waals surface area (Å²) in [6.45, 7) is 4.37. The van der Waals surface area contributed by atoms with Crippen LogP contribution in [0, 0.1) is 0 Å². The van der Waals surface area contributed by atoms with Crippen LogP contribution in [0.2, 0.25) is 0 Å². The fraction of sp³-hybridized carbons (Fsp3) is 0.182. The number of rotatable bonds is 11. The fourth-order valence-corrected chi connectivity index (χ4v) is 4.40. The van der Waals surface area contributed by atoms with Crippen LogP contribution in [0.5, 0.6) is 0 Å². The number of carboxylic acid groups (broad SMARTS) is 1. The Morgan fingerprint density at radius 2 is 1.81 bits per heavy atom. The number of allylic oxidation sites excluding steroid dienone is 1. The molecule has 1 amide bonds. The normalized spacial score (nSPS) is 10.6. The summed E-state index contributed by atoms with van der Waals surface area (Å²) in [5.74, 6) is 1.38. The van der Waals surface area contributed by atoms with Gasteiger partial charge in [0, 0.05) is 18.0 Å². The van der Waals surface area contributed by atoms with Gasteiger partial charge in [0.1, 0.15) is 5.82 Å². The third kappa shape index (κ3) is 6.73. The minimum absolute atomic E-state index is 0.160. The molecule has 0 fully saturated rings. The summed E-state index contributed by atoms with van der Waals surface area (Å²) in [4.78, 5) is 23.2. The van der Waals surface area contributed by atoms with Crippen LogP contribution in [-0.2, 0) is 22.8 Å². The van der Waals surface area contributed by atoms with Crippen molar-refractivity contribution >= 4 is 41.1 Å². The number of hydrogen-bond donors (Lipinski definition) is 2. The summed E-state index contributed by atoms with van der Waals surface area (Å²) in [6.07, 6.45) is 1.78. The van der Waals surface area contributed by atoms with Crippen molar-refractivity contribution in [2.75, 3.05) is 11.1 Å². The lowest BCUT2D eigenvalue weighted by molar-refractivity contribution is -0.113. The van der Waals surface area contributed by atoms with Crippen LogP contribution < -0.4 is 5.32 Å². The van der Waals surface area contributed by atoms with Gasteiger partial charge >= 0.3 is 5.97 Å². The van der Waals surface area contributed by atoms with Crippen LogP contribution in [0.4, 0.5) is 5.69 Å². The van der Waals surface area contributed by atoms with Crippen molar-refractivity contribution in [2.24, 2.45) is 0 Å². The lowest BCUT2D eigenvalue weighted by Gasteiger charge is -2.08. The quantitative estimate of drug-likeness (QED) is 0.329. The SMILES string of the molecule is C=CCn1c(CSCc2ccccc2)nnc1SCC(=O)Nc1ccc(C(=O)O)cc1. The van der Waals surface area contributed by atoms with Gasteiger partial charge in [-0.1, -0.05) is 48.2 Å². The Kier molecular flexibility index (Phi) is 8.31. The summed E-state index contributed by atoms with van der Waals surface area (Å²) >= 11 is 3.05. The second-order valence-electron chi connectivity index (χ2n) is 6.50. The number of thioether (sulfide) groups is 2. The first-order valence-corrected chi connectivity index (χ1v) is 11.6. The number of carbonyl (C=O) groups is 2. The molecule has 9 heteroatoms. The molecule has 0 aliphatic rings. The van der Waals surface area contributed by atoms with Gasteiger partial charge in [0.2, 0.25) is 5.91 Å². The van der Waals surface area contributed by atoms with E-state index in [4.69, 9.17) is 5.11 Å². The largest absolute Gasteiger partial charge is 0.478 e. The van der Waals surface area contributed by atoms with Gasteiger partial charge in [0.15, 0.2) is 5.16 Å². The van der Waals surface area contributed by atoms with Crippen LogP contribution in [0.3, 0.4) is 0 Å². The zero-order chi connectivity index (χ0) is 22.1. The molecule has 0 spiro atoms. The number of amides is 1. The number of aromatic carboxylic acids is 1. The highest BCUT2D eigenvalue weighted by atomic mass is 32.2. The first kappa shape index (κ1) is 22.6. The predicted octanol–water partition coefficient (Wildman–Crippen LogP) is 4.33. The van der Waals surface area contributed by atoms with Crippen molar-refractivity contribution in [1.29, 1.82) is 0 Å². The third-order valence-corrected chi connectivity index (χ3v) is 6.16. The predicted molar refractivity (Wildman–Crippen MR) is 124 cm³/mol. The zero-order valence-electron chi connectivity index (χ0n) is 16.7. The maximum atomic E-state index is 12.3. The Labute approximate surface area is 189 Å². The molecule has 0 unspecified atom stereocenters. The maximum Gasteiger partial charge on any atom is 0.335 e. The summed E-state index contributed by atoms with van der Waals surface area (Å²) in [7, 11) is 0. The van der Waals surface area contributed by atoms with Gasteiger partial charge in [0.25, 0.3) is 0 Å². The second kappa shape index (κ2) is 11.4. The first-order chi connectivity index (χ1) is 15.1. The number of benzene rings is 2. The van der Waals surface area contributed by atoms with Crippen LogP contribution in [-0.4, -0.2) is 37.5 Å². The van der Waals surface area contributed by atoms with Crippen molar-refractivity contribution in [2.45, 2.75) is 23.2 Å². The van der Waals surface area contributed by atoms with Crippen LogP contribution in [0.25, 0.3) is 0 Å². The number of nitrogens with one attached hydrogen (secondary N) is 1. The molecule has 31 heavy (non-hydrogen) atoms. The number of hydrogen-bond acceptors (Lipinski definition) is 6. The van der Waals surface area contributed by atoms with Gasteiger partial charge in [-0.3, -0.25) is 4.79 Å². The van der Waals surface area contributed by atoms with Crippen LogP contribution in [0.1, 0.15) is 21.7 Å². The monoisotopic (exact) mass is 454 g/mol. The van der Waals surface area contributed by atoms with E-state index in [0.29, 0.717) is 23.1 Å². The van der Waals surface area contributed by atoms with E-state index < -0.39 is 5.97 Å². The third-order valence-electron chi connectivity index (χ3n) is 4.20. The Bertz CT molecular complexity index is 1040. The molecule has 0 saturated heterocycles. The summed E-state index contributed by atoms with van der Waals surface area (Å²) in [6, 6.07) is 16.3. The smallest absolute Gasteiger partial charge is 0.335 e. The molecule has 2 N–H and O–H groups in total. The maximum absolute atomic E-state index is 12.3. The Morgan fingerprint density at radius 1 is 1.06 bits per heavy atom. The average Bonchev–Trinajstić information content (AvgIpc) is 3.15. The molecule has 0 atom stereocenters. The highest BCUT2D eigenvalue weighted by Gasteiger charge is 2.14. The van der Waals surface area contributed by atoms with Gasteiger partial charge in [-0.05, 0) is 29.8 Å². The standard InChI is InChI=1S/C22H22N4O3S2/c1-2-12-26-19(14-30-13-16-6-4-3-5-7-16)24-25-22(26)31-15-20(27)23-18-10-8-17(9-11-18)21(28)29/h2-11H,1,12-15H2,(H,23,27)(H,28,29). The van der Waals surface area contributed by atoms with E-state index in [-0.39, 0.29) is 17.2 Å². The molecule has 0 aliphatic carbocycles. The van der Waals surface area contributed by atoms with E-state index in [2.05, 4.69) is 34.2 Å². The topological polar surface area (TPSA) is 97.1 Å². The van der Waals surface area contributed by atoms with Crippen molar-refractivity contribution < 1.29 is 14.7 Å². The van der Waals surface area contributed by atoms with Crippen LogP contribution in [0.15, 0.2) is 72.4 Å². The fourth-order valence-electron chi connectivity index (χ4n) is 2.70. The minimum atomic E-state index is -1.01. The molecule has 1 heterocycles. The van der Waals surface area contributed by atoms with E-state index >= 15 is 0 Å². The lowest BCUT2D eigenvalue weighted by Crippen LogP contribution is -2.15. The zero-order valence-corrected chi connectivity index (χ0v) is 18.4. The lowest BCUT2D eigenvalue weighted by atomic mass is 10.2. The summed E-state index contributed by atoms with van der Waals surface area (Å²) in [5.41, 5.74) is 1.97. The highest BCUT2D eigenvalue weighted by Crippen LogP contribution is 2.22. The van der Waals surface area contributed by atoms with Gasteiger partial charge in [0.05, 0.1) is 17.1 Å². The molecule has 0 radical (unpaired) electrons. The van der Waals surface area contributed by atoms with Crippen LogP contribution >= 0.6 is 23.5 Å². The molecule has 0 bridgehead atoms. The number of carbonyl (C=O) groups excluding carboxylic acids is 1. The summed E-state index contributed by atoms with van der Waals surface area (Å²) < 4.78 is 1.96. The van der Waals surface area contributed by atoms with E-state index in [1.165, 1.54) is 29.5 Å². The first-order valence-electron chi connectivity index (χ1n) is 9.47. The van der Waals surface area contributed by atoms with Gasteiger partial charge < -0.3 is 15.0 Å². The number of aromatic nitrogens is 3. The molecule has 3 rings (SSSR count). The molecular formula is C22H22N4O3S2. The highest BCUT2D eigenvalue weighted by molar-refractivity contribution is 7.99. The molecule has 0 saturated carbocycles. The van der Waals surface area contributed by atoms with E-state index in [0.717, 1.165) is 11.6 Å². The number of carboxylic acids is 1. The van der Waals surface area contributed by atoms with E-state index in [1.54, 1.807) is 30.0 Å². The van der Waals surface area contributed by atoms with Gasteiger partial charge in [-0.25, -0.2) is 4.79 Å². The van der Waals surface area contributed by atoms with Crippen molar-refractivity contribution in [3.8, 4) is 0 Å². The number of nitrogens with zero attached hydrogens (tertiary/aromatic N) is 3. The Morgan fingerprint density at radius 3 is 2.48 bits per heavy atom. The molecule has 0 aliphatic heterocycles. The van der Waals surface area contributed by atoms with Crippen molar-refractivity contribution in [1.82, 2.24) is 14.8 Å². The number of anilines is 1. The minimum Gasteiger partial charge on any atom is -0.478 e. The van der Waals surface area contributed by atoms with E-state index in [1.807, 2.05) is 22.8 Å². The van der Waals surface area contributed by atoms with Gasteiger partial charge in [-0.2, -0.15) is 0 Å². The molecule has 7 nitrogen and oxygen atoms in total. The second-order valence-corrected chi connectivity index (χ2v) is 8.42.